The summed E-state index contributed by atoms with van der Waals surface area (Å²) < 4.78 is 2.52. The molecule has 1 heterocycles. The third-order valence-corrected chi connectivity index (χ3v) is 4.47. The van der Waals surface area contributed by atoms with Gasteiger partial charge in [-0.2, -0.15) is 5.10 Å². The summed E-state index contributed by atoms with van der Waals surface area (Å²) in [4.78, 5) is 24.9. The summed E-state index contributed by atoms with van der Waals surface area (Å²) >= 11 is 3.36. The van der Waals surface area contributed by atoms with Crippen LogP contribution in [0.25, 0.3) is 0 Å². The first kappa shape index (κ1) is 19.2. The molecule has 0 aliphatic heterocycles. The molecule has 134 valence electrons. The average Bonchev–Trinajstić information content (AvgIpc) is 3.09. The molecule has 25 heavy (non-hydrogen) atoms. The number of amides is 2. The van der Waals surface area contributed by atoms with Crippen LogP contribution in [-0.4, -0.2) is 34.2 Å². The fourth-order valence-electron chi connectivity index (χ4n) is 2.39. The van der Waals surface area contributed by atoms with Crippen molar-refractivity contribution in [1.29, 1.82) is 0 Å². The second-order valence-electron chi connectivity index (χ2n) is 6.09. The minimum Gasteiger partial charge on any atom is -0.354 e. The van der Waals surface area contributed by atoms with Crippen molar-refractivity contribution in [2.24, 2.45) is 5.92 Å². The fraction of sp³-hybridized carbons (Fsp3) is 0.389. The second kappa shape index (κ2) is 9.36. The van der Waals surface area contributed by atoms with E-state index in [0.29, 0.717) is 16.6 Å². The van der Waals surface area contributed by atoms with E-state index >= 15 is 0 Å². The van der Waals surface area contributed by atoms with E-state index < -0.39 is 6.04 Å². The van der Waals surface area contributed by atoms with Gasteiger partial charge in [-0.1, -0.05) is 26.0 Å². The molecule has 7 heteroatoms. The molecule has 6 nitrogen and oxygen atoms in total. The maximum atomic E-state index is 12.4. The summed E-state index contributed by atoms with van der Waals surface area (Å²) in [5.41, 5.74) is 0.514. The molecule has 0 aliphatic rings. The highest BCUT2D eigenvalue weighted by molar-refractivity contribution is 9.10. The lowest BCUT2D eigenvalue weighted by Gasteiger charge is -2.22. The van der Waals surface area contributed by atoms with Crippen LogP contribution in [0.5, 0.6) is 0 Å². The first-order valence-corrected chi connectivity index (χ1v) is 9.09. The first-order chi connectivity index (χ1) is 12.0. The van der Waals surface area contributed by atoms with E-state index in [1.807, 2.05) is 36.9 Å². The Hall–Kier alpha value is -2.15. The van der Waals surface area contributed by atoms with Crippen LogP contribution in [0.2, 0.25) is 0 Å². The zero-order valence-electron chi connectivity index (χ0n) is 14.4. The van der Waals surface area contributed by atoms with Gasteiger partial charge in [-0.25, -0.2) is 0 Å². The second-order valence-corrected chi connectivity index (χ2v) is 6.94. The van der Waals surface area contributed by atoms with E-state index in [-0.39, 0.29) is 17.7 Å². The number of hydrogen-bond donors (Lipinski definition) is 2. The molecule has 1 aromatic heterocycles. The van der Waals surface area contributed by atoms with Crippen LogP contribution in [0.4, 0.5) is 0 Å². The largest absolute Gasteiger partial charge is 0.354 e. The number of hydrogen-bond acceptors (Lipinski definition) is 3. The van der Waals surface area contributed by atoms with Crippen LogP contribution < -0.4 is 10.6 Å². The van der Waals surface area contributed by atoms with E-state index in [1.165, 1.54) is 0 Å². The van der Waals surface area contributed by atoms with Crippen LogP contribution in [0.3, 0.4) is 0 Å². The van der Waals surface area contributed by atoms with Crippen molar-refractivity contribution in [3.05, 3.63) is 52.8 Å². The third-order valence-electron chi connectivity index (χ3n) is 3.78. The van der Waals surface area contributed by atoms with Gasteiger partial charge in [0.05, 0.1) is 5.56 Å². The first-order valence-electron chi connectivity index (χ1n) is 8.29. The Labute approximate surface area is 156 Å². The number of aryl methyl sites for hydroxylation is 1. The highest BCUT2D eigenvalue weighted by Gasteiger charge is 2.24. The predicted octanol–water partition coefficient (Wildman–Crippen LogP) is 2.61. The Morgan fingerprint density at radius 1 is 1.24 bits per heavy atom. The van der Waals surface area contributed by atoms with Crippen LogP contribution in [-0.2, 0) is 11.3 Å². The molecule has 0 bridgehead atoms. The van der Waals surface area contributed by atoms with Gasteiger partial charge in [-0.05, 0) is 46.5 Å². The molecule has 0 spiro atoms. The minimum absolute atomic E-state index is 0.0162. The predicted molar refractivity (Wildman–Crippen MR) is 100 cm³/mol. The summed E-state index contributed by atoms with van der Waals surface area (Å²) in [6.45, 7) is 5.10. The van der Waals surface area contributed by atoms with Gasteiger partial charge in [-0.3, -0.25) is 14.3 Å². The zero-order valence-corrected chi connectivity index (χ0v) is 16.0. The van der Waals surface area contributed by atoms with Gasteiger partial charge in [0.2, 0.25) is 5.91 Å². The molecular formula is C18H23BrN4O2. The number of carbonyl (C=O) groups excluding carboxylic acids is 2. The maximum absolute atomic E-state index is 12.4. The number of carbonyl (C=O) groups is 2. The SMILES string of the molecule is CC(C)C(NC(=O)c1ccccc1Br)C(=O)NCCCn1cccn1. The monoisotopic (exact) mass is 406 g/mol. The Bertz CT molecular complexity index is 701. The Kier molecular flexibility index (Phi) is 7.18. The number of benzene rings is 1. The van der Waals surface area contributed by atoms with E-state index in [0.717, 1.165) is 13.0 Å². The summed E-state index contributed by atoms with van der Waals surface area (Å²) in [6, 6.07) is 8.44. The van der Waals surface area contributed by atoms with Gasteiger partial charge in [0.15, 0.2) is 0 Å². The average molecular weight is 407 g/mol. The molecule has 2 rings (SSSR count). The smallest absolute Gasteiger partial charge is 0.253 e. The van der Waals surface area contributed by atoms with Gasteiger partial charge in [0, 0.05) is 30.0 Å². The van der Waals surface area contributed by atoms with Crippen LogP contribution in [0, 0.1) is 5.92 Å². The van der Waals surface area contributed by atoms with Crippen molar-refractivity contribution in [3.8, 4) is 0 Å². The molecule has 2 N–H and O–H groups in total. The molecule has 0 aliphatic carbocycles. The number of halogens is 1. The summed E-state index contributed by atoms with van der Waals surface area (Å²) in [6.07, 6.45) is 4.39. The summed E-state index contributed by atoms with van der Waals surface area (Å²) in [5, 5.41) is 9.84. The lowest BCUT2D eigenvalue weighted by Crippen LogP contribution is -2.50. The quantitative estimate of drug-likeness (QED) is 0.661. The van der Waals surface area contributed by atoms with E-state index in [1.54, 1.807) is 24.4 Å². The van der Waals surface area contributed by atoms with E-state index in [2.05, 4.69) is 31.7 Å². The molecule has 0 fully saturated rings. The van der Waals surface area contributed by atoms with Crippen molar-refractivity contribution >= 4 is 27.7 Å². The highest BCUT2D eigenvalue weighted by atomic mass is 79.9. The Morgan fingerprint density at radius 3 is 2.64 bits per heavy atom. The van der Waals surface area contributed by atoms with Gasteiger partial charge in [0.1, 0.15) is 6.04 Å². The molecule has 2 amide bonds. The Balaban J connectivity index is 1.87. The van der Waals surface area contributed by atoms with Crippen molar-refractivity contribution in [2.45, 2.75) is 32.9 Å². The van der Waals surface area contributed by atoms with E-state index in [4.69, 9.17) is 0 Å². The fourth-order valence-corrected chi connectivity index (χ4v) is 2.86. The molecule has 0 saturated heterocycles. The standard InChI is InChI=1S/C18H23BrN4O2/c1-13(2)16(22-17(24)14-7-3-4-8-15(14)19)18(25)20-9-5-11-23-12-6-10-21-23/h3-4,6-8,10,12-13,16H,5,9,11H2,1-2H3,(H,20,25)(H,22,24). The topological polar surface area (TPSA) is 76.0 Å². The minimum atomic E-state index is -0.579. The number of rotatable bonds is 8. The number of nitrogens with one attached hydrogen (secondary N) is 2. The van der Waals surface area contributed by atoms with Gasteiger partial charge >= 0.3 is 0 Å². The molecule has 2 aromatic rings. The third kappa shape index (κ3) is 5.70. The molecule has 1 atom stereocenters. The summed E-state index contributed by atoms with van der Waals surface area (Å²) in [5.74, 6) is -0.453. The van der Waals surface area contributed by atoms with Crippen molar-refractivity contribution in [3.63, 3.8) is 0 Å². The normalized spacial score (nSPS) is 12.0. The maximum Gasteiger partial charge on any atom is 0.253 e. The zero-order chi connectivity index (χ0) is 18.2. The van der Waals surface area contributed by atoms with Gasteiger partial charge in [0.25, 0.3) is 5.91 Å². The molecule has 1 unspecified atom stereocenters. The highest BCUT2D eigenvalue weighted by Crippen LogP contribution is 2.16. The summed E-state index contributed by atoms with van der Waals surface area (Å²) in [7, 11) is 0. The Morgan fingerprint density at radius 2 is 2.00 bits per heavy atom. The van der Waals surface area contributed by atoms with Gasteiger partial charge < -0.3 is 10.6 Å². The van der Waals surface area contributed by atoms with Crippen molar-refractivity contribution in [2.75, 3.05) is 6.54 Å². The molecule has 1 aromatic carbocycles. The van der Waals surface area contributed by atoms with Gasteiger partial charge in [-0.15, -0.1) is 0 Å². The lowest BCUT2D eigenvalue weighted by molar-refractivity contribution is -0.123. The number of nitrogens with zero attached hydrogens (tertiary/aromatic N) is 2. The molecular weight excluding hydrogens is 384 g/mol. The molecule has 0 saturated carbocycles. The molecule has 0 radical (unpaired) electrons. The van der Waals surface area contributed by atoms with E-state index in [9.17, 15) is 9.59 Å². The van der Waals surface area contributed by atoms with Crippen molar-refractivity contribution in [1.82, 2.24) is 20.4 Å². The van der Waals surface area contributed by atoms with Crippen molar-refractivity contribution < 1.29 is 9.59 Å². The van der Waals surface area contributed by atoms with Crippen LogP contribution >= 0.6 is 15.9 Å². The lowest BCUT2D eigenvalue weighted by atomic mass is 10.0. The van der Waals surface area contributed by atoms with Crippen LogP contribution in [0.1, 0.15) is 30.6 Å². The number of aromatic nitrogens is 2. The van der Waals surface area contributed by atoms with Crippen LogP contribution in [0.15, 0.2) is 47.2 Å².